The van der Waals surface area contributed by atoms with Gasteiger partial charge in [-0.1, -0.05) is 19.3 Å². The summed E-state index contributed by atoms with van der Waals surface area (Å²) in [5, 5.41) is 4.07. The first kappa shape index (κ1) is 13.0. The van der Waals surface area contributed by atoms with Crippen LogP contribution in [0.2, 0.25) is 0 Å². The third kappa shape index (κ3) is 2.50. The van der Waals surface area contributed by atoms with Crippen LogP contribution in [0.5, 0.6) is 5.75 Å². The zero-order valence-electron chi connectivity index (χ0n) is 11.7. The molecule has 1 aliphatic rings. The molecule has 1 heterocycles. The van der Waals surface area contributed by atoms with Gasteiger partial charge in [-0.3, -0.25) is 4.79 Å². The summed E-state index contributed by atoms with van der Waals surface area (Å²) < 4.78 is 5.23. The quantitative estimate of drug-likeness (QED) is 0.901. The lowest BCUT2D eigenvalue weighted by atomic mass is 9.95. The van der Waals surface area contributed by atoms with Crippen molar-refractivity contribution in [3.8, 4) is 5.75 Å². The molecule has 2 aromatic rings. The highest BCUT2D eigenvalue weighted by Crippen LogP contribution is 2.24. The number of carbonyl (C=O) groups is 1. The Morgan fingerprint density at radius 3 is 2.85 bits per heavy atom. The molecule has 0 atom stereocenters. The van der Waals surface area contributed by atoms with E-state index in [9.17, 15) is 4.79 Å². The molecule has 1 fully saturated rings. The molecule has 106 valence electrons. The lowest BCUT2D eigenvalue weighted by Crippen LogP contribution is -2.36. The van der Waals surface area contributed by atoms with Gasteiger partial charge in [0.2, 0.25) is 0 Å². The summed E-state index contributed by atoms with van der Waals surface area (Å²) in [6.07, 6.45) is 7.69. The van der Waals surface area contributed by atoms with Crippen LogP contribution < -0.4 is 10.1 Å². The van der Waals surface area contributed by atoms with Gasteiger partial charge in [0.15, 0.2) is 0 Å². The fourth-order valence-corrected chi connectivity index (χ4v) is 2.92. The molecule has 4 nitrogen and oxygen atoms in total. The molecule has 2 N–H and O–H groups in total. The van der Waals surface area contributed by atoms with Crippen molar-refractivity contribution in [2.24, 2.45) is 0 Å². The minimum absolute atomic E-state index is 0.0106. The predicted octanol–water partition coefficient (Wildman–Crippen LogP) is 3.24. The second-order valence-corrected chi connectivity index (χ2v) is 5.42. The summed E-state index contributed by atoms with van der Waals surface area (Å²) in [7, 11) is 1.63. The van der Waals surface area contributed by atoms with Crippen molar-refractivity contribution in [1.82, 2.24) is 10.3 Å². The van der Waals surface area contributed by atoms with Gasteiger partial charge in [0.1, 0.15) is 5.75 Å². The molecule has 0 aliphatic heterocycles. The normalized spacial score (nSPS) is 16.2. The number of rotatable bonds is 3. The molecular formula is C16H20N2O2. The van der Waals surface area contributed by atoms with Gasteiger partial charge >= 0.3 is 0 Å². The number of nitrogens with one attached hydrogen (secondary N) is 2. The van der Waals surface area contributed by atoms with E-state index in [1.807, 2.05) is 18.2 Å². The van der Waals surface area contributed by atoms with Gasteiger partial charge in [0.05, 0.1) is 12.7 Å². The summed E-state index contributed by atoms with van der Waals surface area (Å²) in [6, 6.07) is 6.06. The van der Waals surface area contributed by atoms with E-state index in [1.165, 1.54) is 19.3 Å². The summed E-state index contributed by atoms with van der Waals surface area (Å²) in [4.78, 5) is 15.6. The second-order valence-electron chi connectivity index (χ2n) is 5.42. The lowest BCUT2D eigenvalue weighted by molar-refractivity contribution is 0.0929. The maximum Gasteiger partial charge on any atom is 0.253 e. The molecule has 3 rings (SSSR count). The summed E-state index contributed by atoms with van der Waals surface area (Å²) in [5.41, 5.74) is 1.66. The van der Waals surface area contributed by atoms with E-state index >= 15 is 0 Å². The first-order valence-corrected chi connectivity index (χ1v) is 7.24. The molecule has 0 bridgehead atoms. The zero-order valence-corrected chi connectivity index (χ0v) is 11.7. The van der Waals surface area contributed by atoms with Gasteiger partial charge in [0.25, 0.3) is 5.91 Å². The Morgan fingerprint density at radius 2 is 2.10 bits per heavy atom. The van der Waals surface area contributed by atoms with Crippen molar-refractivity contribution in [1.29, 1.82) is 0 Å². The van der Waals surface area contributed by atoms with Gasteiger partial charge in [0, 0.05) is 23.1 Å². The first-order valence-electron chi connectivity index (χ1n) is 7.24. The van der Waals surface area contributed by atoms with Crippen molar-refractivity contribution in [2.45, 2.75) is 38.1 Å². The highest BCUT2D eigenvalue weighted by atomic mass is 16.5. The van der Waals surface area contributed by atoms with Gasteiger partial charge in [-0.2, -0.15) is 0 Å². The fourth-order valence-electron chi connectivity index (χ4n) is 2.92. The average Bonchev–Trinajstić information content (AvgIpc) is 2.91. The van der Waals surface area contributed by atoms with Gasteiger partial charge in [-0.05, 0) is 31.0 Å². The van der Waals surface area contributed by atoms with E-state index < -0.39 is 0 Å². The van der Waals surface area contributed by atoms with Crippen molar-refractivity contribution in [3.05, 3.63) is 30.0 Å². The lowest BCUT2D eigenvalue weighted by Gasteiger charge is -2.22. The number of methoxy groups -OCH3 is 1. The Balaban J connectivity index is 1.83. The minimum Gasteiger partial charge on any atom is -0.497 e. The van der Waals surface area contributed by atoms with Crippen LogP contribution in [0.15, 0.2) is 24.4 Å². The molecule has 4 heteroatoms. The van der Waals surface area contributed by atoms with E-state index in [2.05, 4.69) is 10.3 Å². The largest absolute Gasteiger partial charge is 0.497 e. The number of H-pyrrole nitrogens is 1. The molecule has 1 aromatic heterocycles. The Labute approximate surface area is 118 Å². The van der Waals surface area contributed by atoms with Crippen molar-refractivity contribution < 1.29 is 9.53 Å². The molecule has 0 unspecified atom stereocenters. The monoisotopic (exact) mass is 272 g/mol. The van der Waals surface area contributed by atoms with E-state index in [1.54, 1.807) is 13.3 Å². The number of hydrogen-bond acceptors (Lipinski definition) is 2. The Kier molecular flexibility index (Phi) is 3.63. The van der Waals surface area contributed by atoms with Crippen LogP contribution in [0, 0.1) is 0 Å². The second kappa shape index (κ2) is 5.57. The van der Waals surface area contributed by atoms with Gasteiger partial charge in [-0.15, -0.1) is 0 Å². The Morgan fingerprint density at radius 1 is 1.30 bits per heavy atom. The van der Waals surface area contributed by atoms with Crippen LogP contribution in [0.3, 0.4) is 0 Å². The number of carbonyl (C=O) groups excluding carboxylic acids is 1. The van der Waals surface area contributed by atoms with Crippen LogP contribution >= 0.6 is 0 Å². The molecule has 1 aliphatic carbocycles. The summed E-state index contributed by atoms with van der Waals surface area (Å²) >= 11 is 0. The van der Waals surface area contributed by atoms with Crippen LogP contribution in [0.4, 0.5) is 0 Å². The molecule has 0 spiro atoms. The number of amides is 1. The van der Waals surface area contributed by atoms with Gasteiger partial charge in [-0.25, -0.2) is 0 Å². The molecule has 20 heavy (non-hydrogen) atoms. The molecule has 1 amide bonds. The maximum atomic E-state index is 12.4. The van der Waals surface area contributed by atoms with E-state index in [4.69, 9.17) is 4.74 Å². The Hall–Kier alpha value is -1.97. The summed E-state index contributed by atoms with van der Waals surface area (Å²) in [6.45, 7) is 0. The molecule has 1 aromatic carbocycles. The number of hydrogen-bond donors (Lipinski definition) is 2. The Bertz CT molecular complexity index is 612. The third-order valence-corrected chi connectivity index (χ3v) is 4.07. The van der Waals surface area contributed by atoms with Crippen LogP contribution in [-0.2, 0) is 0 Å². The fraction of sp³-hybridized carbons (Fsp3) is 0.438. The standard InChI is InChI=1S/C16H20N2O2/c1-20-12-7-8-15-13(9-12)14(10-17-15)16(19)18-11-5-3-2-4-6-11/h7-11,17H,2-6H2,1H3,(H,18,19). The van der Waals surface area contributed by atoms with Crippen LogP contribution in [0.1, 0.15) is 42.5 Å². The van der Waals surface area contributed by atoms with E-state index in [0.29, 0.717) is 11.6 Å². The number of aromatic amines is 1. The zero-order chi connectivity index (χ0) is 13.9. The van der Waals surface area contributed by atoms with Crippen molar-refractivity contribution in [2.75, 3.05) is 7.11 Å². The summed E-state index contributed by atoms with van der Waals surface area (Å²) in [5.74, 6) is 0.778. The van der Waals surface area contributed by atoms with E-state index in [0.717, 1.165) is 29.5 Å². The van der Waals surface area contributed by atoms with Crippen molar-refractivity contribution >= 4 is 16.8 Å². The van der Waals surface area contributed by atoms with Crippen molar-refractivity contribution in [3.63, 3.8) is 0 Å². The SMILES string of the molecule is COc1ccc2[nH]cc(C(=O)NC3CCCCC3)c2c1. The maximum absolute atomic E-state index is 12.4. The average molecular weight is 272 g/mol. The number of aromatic nitrogens is 1. The predicted molar refractivity (Wildman–Crippen MR) is 79.2 cm³/mol. The van der Waals surface area contributed by atoms with Gasteiger partial charge < -0.3 is 15.0 Å². The number of ether oxygens (including phenoxy) is 1. The molecular weight excluding hydrogens is 252 g/mol. The smallest absolute Gasteiger partial charge is 0.253 e. The first-order chi connectivity index (χ1) is 9.78. The molecule has 0 saturated heterocycles. The number of benzene rings is 1. The van der Waals surface area contributed by atoms with E-state index in [-0.39, 0.29) is 5.91 Å². The topological polar surface area (TPSA) is 54.1 Å². The van der Waals surface area contributed by atoms with Crippen LogP contribution in [0.25, 0.3) is 10.9 Å². The highest BCUT2D eigenvalue weighted by molar-refractivity contribution is 6.07. The molecule has 0 radical (unpaired) electrons. The minimum atomic E-state index is 0.0106. The number of fused-ring (bicyclic) bond motifs is 1. The molecule has 1 saturated carbocycles. The van der Waals surface area contributed by atoms with Crippen LogP contribution in [-0.4, -0.2) is 24.0 Å². The third-order valence-electron chi connectivity index (χ3n) is 4.07. The highest BCUT2D eigenvalue weighted by Gasteiger charge is 2.18.